The highest BCUT2D eigenvalue weighted by Crippen LogP contribution is 2.62. The fraction of sp³-hybridized carbons (Fsp3) is 0.280. The zero-order valence-electron chi connectivity index (χ0n) is 39.7. The number of urea groups is 1. The van der Waals surface area contributed by atoms with Gasteiger partial charge in [-0.25, -0.2) is 29.6 Å². The van der Waals surface area contributed by atoms with Gasteiger partial charge in [-0.15, -0.1) is 27.6 Å². The number of rotatable bonds is 10. The summed E-state index contributed by atoms with van der Waals surface area (Å²) in [5, 5.41) is 6.74. The average molecular weight is 1070 g/mol. The van der Waals surface area contributed by atoms with Crippen LogP contribution in [0.1, 0.15) is 60.4 Å². The predicted molar refractivity (Wildman–Crippen MR) is 279 cm³/mol. The SMILES string of the molecule is Cc1ccc(S(=O)(=O)/N=C2\NC(=O)NC23[C@H](c2cn(S(=O)(=O)c4ccc(C)cc4)c4ccccc24)C(O[Si](C)(C)C(C)(C)C)[C@@H]3c2cn(S(=O)(=O)c3ccc(C)cc3)c3ccccc23)cc1.ClCCl.O. The quantitative estimate of drug-likeness (QED) is 0.0994. The number of fused-ring (bicyclic) bond motifs is 2. The summed E-state index contributed by atoms with van der Waals surface area (Å²) in [5.74, 6) is -2.25. The summed E-state index contributed by atoms with van der Waals surface area (Å²) in [6, 6.07) is 32.5. The minimum atomic E-state index is -4.52. The number of sulfonamides is 1. The number of hydrogen-bond acceptors (Lipinski definition) is 8. The number of nitrogens with one attached hydrogen (secondary N) is 2. The fourth-order valence-corrected chi connectivity index (χ4v) is 14.2. The number of halogens is 2. The first-order valence-corrected chi connectivity index (χ1v) is 30.3. The second kappa shape index (κ2) is 19.0. The van der Waals surface area contributed by atoms with Crippen molar-refractivity contribution in [1.29, 1.82) is 0 Å². The smallest absolute Gasteiger partial charge is 0.321 e. The molecule has 4 atom stereocenters. The fourth-order valence-electron chi connectivity index (χ4n) is 9.10. The van der Waals surface area contributed by atoms with Gasteiger partial charge in [-0.2, -0.15) is 8.42 Å². The molecule has 2 fully saturated rings. The molecule has 2 aromatic heterocycles. The lowest BCUT2D eigenvalue weighted by molar-refractivity contribution is -0.00424. The van der Waals surface area contributed by atoms with Crippen molar-refractivity contribution >= 4 is 95.3 Å². The van der Waals surface area contributed by atoms with Crippen LogP contribution >= 0.6 is 23.2 Å². The van der Waals surface area contributed by atoms with Crippen molar-refractivity contribution in [3.8, 4) is 0 Å². The van der Waals surface area contributed by atoms with Gasteiger partial charge in [0.1, 0.15) is 5.54 Å². The number of aryl methyl sites for hydroxylation is 3. The van der Waals surface area contributed by atoms with E-state index in [0.29, 0.717) is 32.9 Å². The summed E-state index contributed by atoms with van der Waals surface area (Å²) in [6.45, 7) is 16.0. The molecule has 1 saturated carbocycles. The van der Waals surface area contributed by atoms with E-state index < -0.39 is 67.9 Å². The Morgan fingerprint density at radius 1 is 0.643 bits per heavy atom. The Balaban J connectivity index is 0.00000176. The summed E-state index contributed by atoms with van der Waals surface area (Å²) in [5.41, 5.74) is 2.39. The Morgan fingerprint density at radius 2 is 1.01 bits per heavy atom. The van der Waals surface area contributed by atoms with Crippen LogP contribution in [0.25, 0.3) is 21.8 Å². The maximum atomic E-state index is 14.7. The van der Waals surface area contributed by atoms with Crippen molar-refractivity contribution in [2.75, 3.05) is 5.34 Å². The van der Waals surface area contributed by atoms with Crippen LogP contribution in [0.2, 0.25) is 18.1 Å². The predicted octanol–water partition coefficient (Wildman–Crippen LogP) is 9.70. The molecule has 7 aromatic rings. The molecule has 0 radical (unpaired) electrons. The van der Waals surface area contributed by atoms with Gasteiger partial charge in [-0.05, 0) is 98.6 Å². The molecule has 3 heterocycles. The Hall–Kier alpha value is -5.31. The van der Waals surface area contributed by atoms with Gasteiger partial charge in [-0.3, -0.25) is 5.32 Å². The molecular formula is C50H55Cl2N5O9S3Si. The number of aromatic nitrogens is 2. The number of carbonyl (C=O) groups excluding carboxylic acids is 1. The molecule has 5 aromatic carbocycles. The van der Waals surface area contributed by atoms with Gasteiger partial charge in [0.05, 0.1) is 37.2 Å². The molecule has 4 N–H and O–H groups in total. The largest absolute Gasteiger partial charge is 0.412 e. The highest BCUT2D eigenvalue weighted by molar-refractivity contribution is 7.90. The lowest BCUT2D eigenvalue weighted by atomic mass is 9.52. The van der Waals surface area contributed by atoms with E-state index in [2.05, 4.69) is 48.9 Å². The second-order valence-electron chi connectivity index (χ2n) is 19.0. The Labute approximate surface area is 420 Å². The number of amides is 2. The summed E-state index contributed by atoms with van der Waals surface area (Å²) in [6.07, 6.45) is 2.15. The third kappa shape index (κ3) is 9.01. The second-order valence-corrected chi connectivity index (χ2v) is 29.8. The molecular weight excluding hydrogens is 1010 g/mol. The first kappa shape index (κ1) is 52.5. The van der Waals surface area contributed by atoms with Gasteiger partial charge in [0.2, 0.25) is 0 Å². The van der Waals surface area contributed by atoms with E-state index >= 15 is 0 Å². The third-order valence-electron chi connectivity index (χ3n) is 13.6. The minimum absolute atomic E-state index is 0. The first-order valence-electron chi connectivity index (χ1n) is 22.0. The molecule has 20 heteroatoms. The molecule has 0 bridgehead atoms. The highest BCUT2D eigenvalue weighted by atomic mass is 35.5. The number of nitrogens with zero attached hydrogens (tertiary/aromatic N) is 3. The van der Waals surface area contributed by atoms with Crippen LogP contribution in [0.5, 0.6) is 0 Å². The monoisotopic (exact) mass is 1060 g/mol. The van der Waals surface area contributed by atoms with Crippen molar-refractivity contribution in [2.24, 2.45) is 4.40 Å². The maximum absolute atomic E-state index is 14.7. The zero-order valence-corrected chi connectivity index (χ0v) is 44.7. The Kier molecular flexibility index (Phi) is 14.3. The van der Waals surface area contributed by atoms with E-state index in [0.717, 1.165) is 16.7 Å². The zero-order chi connectivity index (χ0) is 50.1. The van der Waals surface area contributed by atoms with E-state index in [4.69, 9.17) is 27.6 Å². The first-order chi connectivity index (χ1) is 32.4. The number of para-hydroxylation sites is 2. The standard InChI is InChI=1S/C49H51N5O8S3Si.CH2Cl2.H2O/c1-31-17-23-34(24-18-31)63(56,57)52-46-49(51-47(55)50-46)43(39-29-53(41-15-11-9-13-37(39)41)64(58,59)35-25-19-32(2)20-26-35)45(62-66(7,8)48(4,5)6)44(49)40-30-54(42-16-12-10-14-38(40)42)65(60,61)36-27-21-33(3)22-28-36;2-1-3;/h9-30,43-45H,1-8H3,(H2,50,51,52,55);1H2;1H2/t43-,44+,45?,49?;;. The van der Waals surface area contributed by atoms with Gasteiger partial charge < -0.3 is 15.2 Å². The number of alkyl halides is 2. The van der Waals surface area contributed by atoms with Crippen molar-refractivity contribution in [3.05, 3.63) is 162 Å². The molecule has 1 spiro atoms. The Morgan fingerprint density at radius 3 is 1.40 bits per heavy atom. The van der Waals surface area contributed by atoms with Gasteiger partial charge in [0.15, 0.2) is 14.2 Å². The van der Waals surface area contributed by atoms with E-state index in [1.54, 1.807) is 109 Å². The van der Waals surface area contributed by atoms with Gasteiger partial charge in [-0.1, -0.05) is 110 Å². The van der Waals surface area contributed by atoms with Crippen molar-refractivity contribution in [2.45, 2.75) is 97.8 Å². The van der Waals surface area contributed by atoms with Gasteiger partial charge >= 0.3 is 6.03 Å². The van der Waals surface area contributed by atoms with Gasteiger partial charge in [0, 0.05) is 35.0 Å². The van der Waals surface area contributed by atoms with Crippen molar-refractivity contribution in [3.63, 3.8) is 0 Å². The molecule has 14 nitrogen and oxygen atoms in total. The van der Waals surface area contributed by atoms with Crippen molar-refractivity contribution < 1.29 is 40.0 Å². The van der Waals surface area contributed by atoms with Crippen molar-refractivity contribution in [1.82, 2.24) is 18.6 Å². The molecule has 2 amide bonds. The lowest BCUT2D eigenvalue weighted by Gasteiger charge is -2.60. The number of benzene rings is 5. The number of amidine groups is 1. The topological polar surface area (TPSA) is 206 Å². The van der Waals surface area contributed by atoms with Crippen LogP contribution in [0.15, 0.2) is 153 Å². The summed E-state index contributed by atoms with van der Waals surface area (Å²) in [7, 11) is -15.8. The van der Waals surface area contributed by atoms with Crippen LogP contribution in [-0.4, -0.2) is 75.8 Å². The summed E-state index contributed by atoms with van der Waals surface area (Å²) < 4.78 is 102. The number of hydrogen-bond donors (Lipinski definition) is 2. The average Bonchev–Trinajstić information content (AvgIpc) is 3.96. The third-order valence-corrected chi connectivity index (χ3v) is 22.7. The van der Waals surface area contributed by atoms with E-state index in [9.17, 15) is 30.0 Å². The molecule has 370 valence electrons. The summed E-state index contributed by atoms with van der Waals surface area (Å²) >= 11 is 9.53. The minimum Gasteiger partial charge on any atom is -0.412 e. The van der Waals surface area contributed by atoms with E-state index in [1.165, 1.54) is 32.5 Å². The van der Waals surface area contributed by atoms with Crippen LogP contribution < -0.4 is 10.6 Å². The molecule has 9 rings (SSSR count). The normalized spacial score (nSPS) is 20.1. The molecule has 1 aliphatic carbocycles. The van der Waals surface area contributed by atoms with Crippen LogP contribution in [-0.2, 0) is 34.5 Å². The molecule has 2 aliphatic rings. The molecule has 1 aliphatic heterocycles. The molecule has 70 heavy (non-hydrogen) atoms. The molecule has 2 unspecified atom stereocenters. The highest BCUT2D eigenvalue weighted by Gasteiger charge is 2.72. The van der Waals surface area contributed by atoms with Crippen LogP contribution in [0, 0.1) is 20.8 Å². The van der Waals surface area contributed by atoms with Gasteiger partial charge in [0.25, 0.3) is 30.1 Å². The maximum Gasteiger partial charge on any atom is 0.321 e. The lowest BCUT2D eigenvalue weighted by Crippen LogP contribution is -2.73. The van der Waals surface area contributed by atoms with E-state index in [1.807, 2.05) is 20.8 Å². The van der Waals surface area contributed by atoms with Crippen LogP contribution in [0.4, 0.5) is 4.79 Å². The van der Waals surface area contributed by atoms with Crippen LogP contribution in [0.3, 0.4) is 0 Å². The van der Waals surface area contributed by atoms with E-state index in [-0.39, 0.29) is 36.4 Å². The number of carbonyl (C=O) groups is 1. The Bertz CT molecular complexity index is 3340. The molecule has 1 saturated heterocycles. The summed E-state index contributed by atoms with van der Waals surface area (Å²) in [4.78, 5) is 14.2.